The maximum atomic E-state index is 13.9. The fourth-order valence-corrected chi connectivity index (χ4v) is 4.78. The SMILES string of the molecule is CC(C)S(=O)(=O)c1ccc(CC(=O)NCC2CCN(C(=O)c3ccccc3F)CC2)cc1. The number of hydrogen-bond donors (Lipinski definition) is 1. The minimum atomic E-state index is -3.33. The largest absolute Gasteiger partial charge is 0.356 e. The molecule has 0 aliphatic carbocycles. The molecule has 172 valence electrons. The number of likely N-dealkylation sites (tertiary alicyclic amines) is 1. The minimum Gasteiger partial charge on any atom is -0.356 e. The molecule has 0 unspecified atom stereocenters. The predicted octanol–water partition coefficient (Wildman–Crippen LogP) is 3.22. The van der Waals surface area contributed by atoms with Crippen LogP contribution in [0.3, 0.4) is 0 Å². The van der Waals surface area contributed by atoms with Crippen molar-refractivity contribution in [3.8, 4) is 0 Å². The van der Waals surface area contributed by atoms with Crippen LogP contribution in [0.2, 0.25) is 0 Å². The molecule has 0 bridgehead atoms. The molecule has 1 saturated heterocycles. The smallest absolute Gasteiger partial charge is 0.256 e. The molecule has 8 heteroatoms. The number of benzene rings is 2. The highest BCUT2D eigenvalue weighted by molar-refractivity contribution is 7.92. The fourth-order valence-electron chi connectivity index (χ4n) is 3.72. The molecule has 2 aromatic rings. The number of carbonyl (C=O) groups excluding carboxylic acids is 2. The zero-order valence-corrected chi connectivity index (χ0v) is 19.2. The number of carbonyl (C=O) groups is 2. The standard InChI is InChI=1S/C24H29FN2O4S/c1-17(2)32(30,31)20-9-7-18(8-10-20)15-23(28)26-16-19-11-13-27(14-12-19)24(29)21-5-3-4-6-22(21)25/h3-10,17,19H,11-16H2,1-2H3,(H,26,28). The number of hydrogen-bond acceptors (Lipinski definition) is 4. The highest BCUT2D eigenvalue weighted by Gasteiger charge is 2.25. The average Bonchev–Trinajstić information content (AvgIpc) is 2.78. The van der Waals surface area contributed by atoms with Crippen LogP contribution >= 0.6 is 0 Å². The number of sulfone groups is 1. The molecule has 2 aromatic carbocycles. The van der Waals surface area contributed by atoms with Crippen molar-refractivity contribution >= 4 is 21.7 Å². The van der Waals surface area contributed by atoms with Gasteiger partial charge < -0.3 is 10.2 Å². The Morgan fingerprint density at radius 2 is 1.69 bits per heavy atom. The molecule has 1 heterocycles. The molecule has 32 heavy (non-hydrogen) atoms. The van der Waals surface area contributed by atoms with E-state index in [1.54, 1.807) is 55.1 Å². The maximum Gasteiger partial charge on any atom is 0.256 e. The van der Waals surface area contributed by atoms with E-state index in [2.05, 4.69) is 5.32 Å². The second-order valence-electron chi connectivity index (χ2n) is 8.43. The normalized spacial score (nSPS) is 15.1. The third-order valence-corrected chi connectivity index (χ3v) is 8.00. The Kier molecular flexibility index (Phi) is 7.66. The summed E-state index contributed by atoms with van der Waals surface area (Å²) >= 11 is 0. The topological polar surface area (TPSA) is 83.6 Å². The fraction of sp³-hybridized carbons (Fsp3) is 0.417. The van der Waals surface area contributed by atoms with E-state index < -0.39 is 20.9 Å². The van der Waals surface area contributed by atoms with Gasteiger partial charge in [-0.3, -0.25) is 9.59 Å². The van der Waals surface area contributed by atoms with Crippen molar-refractivity contribution in [1.29, 1.82) is 0 Å². The van der Waals surface area contributed by atoms with E-state index in [1.165, 1.54) is 12.1 Å². The highest BCUT2D eigenvalue weighted by atomic mass is 32.2. The third kappa shape index (κ3) is 5.73. The number of amides is 2. The summed E-state index contributed by atoms with van der Waals surface area (Å²) in [7, 11) is -3.33. The van der Waals surface area contributed by atoms with Crippen LogP contribution in [0.25, 0.3) is 0 Å². The Hall–Kier alpha value is -2.74. The van der Waals surface area contributed by atoms with Crippen LogP contribution < -0.4 is 5.32 Å². The first-order valence-corrected chi connectivity index (χ1v) is 12.4. The van der Waals surface area contributed by atoms with Gasteiger partial charge in [-0.1, -0.05) is 24.3 Å². The molecule has 2 amide bonds. The predicted molar refractivity (Wildman–Crippen MR) is 121 cm³/mol. The van der Waals surface area contributed by atoms with Crippen molar-refractivity contribution in [2.24, 2.45) is 5.92 Å². The molecule has 3 rings (SSSR count). The number of rotatable bonds is 7. The van der Waals surface area contributed by atoms with Gasteiger partial charge in [0.05, 0.1) is 22.1 Å². The lowest BCUT2D eigenvalue weighted by atomic mass is 9.96. The lowest BCUT2D eigenvalue weighted by Gasteiger charge is -2.32. The monoisotopic (exact) mass is 460 g/mol. The molecule has 1 N–H and O–H groups in total. The Labute approximate surface area is 188 Å². The first kappa shape index (κ1) is 23.9. The van der Waals surface area contributed by atoms with E-state index in [0.717, 1.165) is 18.4 Å². The lowest BCUT2D eigenvalue weighted by Crippen LogP contribution is -2.42. The van der Waals surface area contributed by atoms with Crippen LogP contribution in [0.15, 0.2) is 53.4 Å². The van der Waals surface area contributed by atoms with Gasteiger partial charge in [0.2, 0.25) is 5.91 Å². The van der Waals surface area contributed by atoms with Crippen molar-refractivity contribution in [2.75, 3.05) is 19.6 Å². The van der Waals surface area contributed by atoms with Gasteiger partial charge in [0.1, 0.15) is 5.82 Å². The van der Waals surface area contributed by atoms with Gasteiger partial charge in [0.15, 0.2) is 9.84 Å². The van der Waals surface area contributed by atoms with Crippen LogP contribution in [0, 0.1) is 11.7 Å². The molecule has 1 aliphatic rings. The quantitative estimate of drug-likeness (QED) is 0.688. The van der Waals surface area contributed by atoms with Crippen molar-refractivity contribution in [3.05, 3.63) is 65.5 Å². The summed E-state index contributed by atoms with van der Waals surface area (Å²) in [6.07, 6.45) is 1.65. The van der Waals surface area contributed by atoms with Crippen LogP contribution in [0.5, 0.6) is 0 Å². The summed E-state index contributed by atoms with van der Waals surface area (Å²) in [6, 6.07) is 12.4. The summed E-state index contributed by atoms with van der Waals surface area (Å²) in [5.41, 5.74) is 0.835. The molecular weight excluding hydrogens is 431 g/mol. The second kappa shape index (κ2) is 10.3. The molecule has 6 nitrogen and oxygen atoms in total. The van der Waals surface area contributed by atoms with Crippen molar-refractivity contribution in [1.82, 2.24) is 10.2 Å². The molecule has 1 fully saturated rings. The zero-order valence-electron chi connectivity index (χ0n) is 18.4. The molecule has 0 saturated carbocycles. The van der Waals surface area contributed by atoms with E-state index in [-0.39, 0.29) is 34.6 Å². The van der Waals surface area contributed by atoms with Gasteiger partial charge >= 0.3 is 0 Å². The third-order valence-electron chi connectivity index (χ3n) is 5.83. The summed E-state index contributed by atoms with van der Waals surface area (Å²) in [5, 5.41) is 2.43. The molecule has 0 radical (unpaired) electrons. The summed E-state index contributed by atoms with van der Waals surface area (Å²) in [4.78, 5) is 26.7. The Bertz CT molecular complexity index is 1060. The van der Waals surface area contributed by atoms with Gasteiger partial charge in [0.25, 0.3) is 5.91 Å². The van der Waals surface area contributed by atoms with Crippen LogP contribution in [-0.2, 0) is 21.1 Å². The van der Waals surface area contributed by atoms with Gasteiger partial charge in [-0.25, -0.2) is 12.8 Å². The number of halogens is 1. The van der Waals surface area contributed by atoms with Crippen molar-refractivity contribution < 1.29 is 22.4 Å². The maximum absolute atomic E-state index is 13.9. The Morgan fingerprint density at radius 3 is 2.28 bits per heavy atom. The summed E-state index contributed by atoms with van der Waals surface area (Å²) < 4.78 is 38.2. The molecule has 0 aromatic heterocycles. The van der Waals surface area contributed by atoms with Crippen LogP contribution in [0.1, 0.15) is 42.6 Å². The summed E-state index contributed by atoms with van der Waals surface area (Å²) in [5.74, 6) is -0.688. The zero-order chi connectivity index (χ0) is 23.3. The number of nitrogens with one attached hydrogen (secondary N) is 1. The van der Waals surface area contributed by atoms with Gasteiger partial charge in [-0.15, -0.1) is 0 Å². The van der Waals surface area contributed by atoms with Gasteiger partial charge in [-0.2, -0.15) is 0 Å². The first-order chi connectivity index (χ1) is 15.2. The second-order valence-corrected chi connectivity index (χ2v) is 10.9. The van der Waals surface area contributed by atoms with Crippen LogP contribution in [0.4, 0.5) is 4.39 Å². The van der Waals surface area contributed by atoms with E-state index in [9.17, 15) is 22.4 Å². The molecule has 0 atom stereocenters. The average molecular weight is 461 g/mol. The number of nitrogens with zero attached hydrogens (tertiary/aromatic N) is 1. The van der Waals surface area contributed by atoms with Crippen LogP contribution in [-0.4, -0.2) is 50.0 Å². The highest BCUT2D eigenvalue weighted by Crippen LogP contribution is 2.20. The van der Waals surface area contributed by atoms with Gasteiger partial charge in [-0.05, 0) is 62.4 Å². The van der Waals surface area contributed by atoms with Crippen molar-refractivity contribution in [3.63, 3.8) is 0 Å². The van der Waals surface area contributed by atoms with Gasteiger partial charge in [0, 0.05) is 19.6 Å². The Balaban J connectivity index is 1.44. The summed E-state index contributed by atoms with van der Waals surface area (Å²) in [6.45, 7) is 4.84. The number of piperidine rings is 1. The molecule has 1 aliphatic heterocycles. The lowest BCUT2D eigenvalue weighted by molar-refractivity contribution is -0.120. The first-order valence-electron chi connectivity index (χ1n) is 10.8. The van der Waals surface area contributed by atoms with Crippen molar-refractivity contribution in [2.45, 2.75) is 43.3 Å². The van der Waals surface area contributed by atoms with E-state index >= 15 is 0 Å². The molecule has 0 spiro atoms. The van der Waals surface area contributed by atoms with E-state index in [1.807, 2.05) is 0 Å². The Morgan fingerprint density at radius 1 is 1.06 bits per heavy atom. The van der Waals surface area contributed by atoms with E-state index in [0.29, 0.717) is 19.6 Å². The minimum absolute atomic E-state index is 0.0893. The molecular formula is C24H29FN2O4S. The van der Waals surface area contributed by atoms with E-state index in [4.69, 9.17) is 0 Å².